The summed E-state index contributed by atoms with van der Waals surface area (Å²) in [6.07, 6.45) is 0.974. The van der Waals surface area contributed by atoms with E-state index in [-0.39, 0.29) is 23.4 Å². The molecule has 1 aliphatic rings. The summed E-state index contributed by atoms with van der Waals surface area (Å²) in [6.45, 7) is 5.77. The number of rotatable bonds is 7. The Kier molecular flexibility index (Phi) is 6.76. The Bertz CT molecular complexity index is 1090. The summed E-state index contributed by atoms with van der Waals surface area (Å²) < 4.78 is 25.7. The van der Waals surface area contributed by atoms with E-state index in [1.165, 1.54) is 17.7 Å². The average molecular weight is 458 g/mol. The maximum atomic E-state index is 12.7. The first-order valence-corrected chi connectivity index (χ1v) is 12.3. The van der Waals surface area contributed by atoms with Gasteiger partial charge in [0.2, 0.25) is 15.9 Å². The summed E-state index contributed by atoms with van der Waals surface area (Å²) in [5, 5.41) is 2.96. The first kappa shape index (κ1) is 23.9. The molecule has 1 N–H and O–H groups in total. The van der Waals surface area contributed by atoms with Gasteiger partial charge in [-0.2, -0.15) is 0 Å². The van der Waals surface area contributed by atoms with Crippen molar-refractivity contribution in [3.63, 3.8) is 0 Å². The lowest BCUT2D eigenvalue weighted by molar-refractivity contribution is -0.123. The molecule has 1 fully saturated rings. The number of aryl methyl sites for hydroxylation is 1. The van der Waals surface area contributed by atoms with Crippen LogP contribution < -0.4 is 9.62 Å². The Morgan fingerprint density at radius 3 is 2.16 bits per heavy atom. The lowest BCUT2D eigenvalue weighted by atomic mass is 9.95. The topological polar surface area (TPSA) is 86.8 Å². The van der Waals surface area contributed by atoms with Gasteiger partial charge in [-0.15, -0.1) is 0 Å². The van der Waals surface area contributed by atoms with Gasteiger partial charge in [-0.1, -0.05) is 31.2 Å². The molecule has 0 aromatic heterocycles. The normalized spacial score (nSPS) is 18.1. The van der Waals surface area contributed by atoms with Crippen molar-refractivity contribution < 1.29 is 18.0 Å². The molecular weight excluding hydrogens is 426 g/mol. The van der Waals surface area contributed by atoms with Crippen LogP contribution in [0, 0.1) is 5.41 Å². The zero-order chi connectivity index (χ0) is 23.7. The number of likely N-dealkylation sites (N-methyl/N-ethyl adjacent to an activating group) is 1. The van der Waals surface area contributed by atoms with Crippen LogP contribution in [0.5, 0.6) is 0 Å². The number of nitrogens with one attached hydrogen (secondary N) is 1. The highest BCUT2D eigenvalue weighted by molar-refractivity contribution is 7.94. The van der Waals surface area contributed by atoms with E-state index in [1.54, 1.807) is 26.0 Å². The van der Waals surface area contributed by atoms with Gasteiger partial charge in [0.15, 0.2) is 0 Å². The fourth-order valence-electron chi connectivity index (χ4n) is 3.88. The molecule has 1 atom stereocenters. The van der Waals surface area contributed by atoms with Crippen LogP contribution in [0.3, 0.4) is 0 Å². The quantitative estimate of drug-likeness (QED) is 0.691. The number of benzene rings is 2. The van der Waals surface area contributed by atoms with Crippen molar-refractivity contribution in [3.8, 4) is 0 Å². The van der Waals surface area contributed by atoms with E-state index >= 15 is 0 Å². The molecule has 1 heterocycles. The fraction of sp³-hybridized carbons (Fsp3) is 0.417. The van der Waals surface area contributed by atoms with E-state index in [0.29, 0.717) is 12.1 Å². The molecule has 1 aliphatic heterocycles. The van der Waals surface area contributed by atoms with Crippen LogP contribution in [0.4, 0.5) is 5.69 Å². The fourth-order valence-corrected chi connectivity index (χ4v) is 5.98. The van der Waals surface area contributed by atoms with Gasteiger partial charge in [0.1, 0.15) is 0 Å². The molecule has 3 rings (SSSR count). The van der Waals surface area contributed by atoms with E-state index in [2.05, 4.69) is 41.4 Å². The predicted molar refractivity (Wildman–Crippen MR) is 126 cm³/mol. The van der Waals surface area contributed by atoms with Gasteiger partial charge < -0.3 is 10.2 Å². The maximum Gasteiger partial charge on any atom is 0.251 e. The molecule has 2 aromatic carbocycles. The first-order valence-electron chi connectivity index (χ1n) is 10.7. The highest BCUT2D eigenvalue weighted by atomic mass is 32.2. The third-order valence-corrected chi connectivity index (χ3v) is 7.82. The molecule has 2 aromatic rings. The van der Waals surface area contributed by atoms with Crippen molar-refractivity contribution in [1.29, 1.82) is 0 Å². The molecule has 0 radical (unpaired) electrons. The van der Waals surface area contributed by atoms with Crippen LogP contribution in [-0.2, 0) is 21.2 Å². The van der Waals surface area contributed by atoms with Crippen LogP contribution in [0.15, 0.2) is 48.5 Å². The standard InChI is InChI=1S/C24H31N3O4S/c1-6-17-7-9-18(10-8-17)21(26(4)5)15-25-22(28)19-11-13-20(14-12-19)27-23(29)24(2,3)16-32(27,30)31/h7-14,21H,6,15-16H2,1-5H3,(H,25,28). The SMILES string of the molecule is CCc1ccc(C(CNC(=O)c2ccc(N3C(=O)C(C)(C)CS3(=O)=O)cc2)N(C)C)cc1. The molecule has 32 heavy (non-hydrogen) atoms. The molecule has 0 spiro atoms. The first-order chi connectivity index (χ1) is 15.0. The van der Waals surface area contributed by atoms with Gasteiger partial charge in [0.25, 0.3) is 5.91 Å². The molecule has 0 saturated carbocycles. The molecular formula is C24H31N3O4S. The molecule has 7 nitrogen and oxygen atoms in total. The minimum Gasteiger partial charge on any atom is -0.350 e. The Morgan fingerprint density at radius 1 is 1.09 bits per heavy atom. The second-order valence-electron chi connectivity index (χ2n) is 9.04. The second kappa shape index (κ2) is 9.03. The monoisotopic (exact) mass is 457 g/mol. The van der Waals surface area contributed by atoms with E-state index in [0.717, 1.165) is 16.3 Å². The number of hydrogen-bond donors (Lipinski definition) is 1. The zero-order valence-corrected chi connectivity index (χ0v) is 20.1. The number of amides is 2. The number of nitrogens with zero attached hydrogens (tertiary/aromatic N) is 2. The van der Waals surface area contributed by atoms with Crippen molar-refractivity contribution in [2.24, 2.45) is 5.41 Å². The third kappa shape index (κ3) is 4.86. The van der Waals surface area contributed by atoms with E-state index in [4.69, 9.17) is 0 Å². The summed E-state index contributed by atoms with van der Waals surface area (Å²) in [7, 11) is 0.214. The lowest BCUT2D eigenvalue weighted by Crippen LogP contribution is -2.35. The van der Waals surface area contributed by atoms with Gasteiger partial charge in [-0.25, -0.2) is 12.7 Å². The summed E-state index contributed by atoms with van der Waals surface area (Å²) >= 11 is 0. The Balaban J connectivity index is 1.71. The molecule has 8 heteroatoms. The average Bonchev–Trinajstić information content (AvgIpc) is 2.90. The van der Waals surface area contributed by atoms with Crippen LogP contribution in [0.25, 0.3) is 0 Å². The van der Waals surface area contributed by atoms with Gasteiger partial charge in [0, 0.05) is 12.1 Å². The molecule has 2 amide bonds. The third-order valence-electron chi connectivity index (χ3n) is 5.80. The number of carbonyl (C=O) groups is 2. The number of sulfonamides is 1. The van der Waals surface area contributed by atoms with Gasteiger partial charge in [0.05, 0.1) is 22.9 Å². The van der Waals surface area contributed by atoms with Crippen molar-refractivity contribution in [1.82, 2.24) is 10.2 Å². The smallest absolute Gasteiger partial charge is 0.251 e. The zero-order valence-electron chi connectivity index (χ0n) is 19.3. The molecule has 0 aliphatic carbocycles. The van der Waals surface area contributed by atoms with Crippen molar-refractivity contribution in [3.05, 3.63) is 65.2 Å². The number of carbonyl (C=O) groups excluding carboxylic acids is 2. The molecule has 172 valence electrons. The Labute approximate surface area is 190 Å². The van der Waals surface area contributed by atoms with Gasteiger partial charge >= 0.3 is 0 Å². The number of hydrogen-bond acceptors (Lipinski definition) is 5. The van der Waals surface area contributed by atoms with Gasteiger partial charge in [-0.05, 0) is 69.8 Å². The van der Waals surface area contributed by atoms with Crippen LogP contribution in [0.2, 0.25) is 0 Å². The van der Waals surface area contributed by atoms with Crippen LogP contribution in [0.1, 0.15) is 48.3 Å². The Hall–Kier alpha value is -2.71. The molecule has 0 bridgehead atoms. The largest absolute Gasteiger partial charge is 0.350 e. The van der Waals surface area contributed by atoms with E-state index in [9.17, 15) is 18.0 Å². The van der Waals surface area contributed by atoms with Crippen molar-refractivity contribution in [2.45, 2.75) is 33.2 Å². The minimum atomic E-state index is -3.72. The Morgan fingerprint density at radius 2 is 1.69 bits per heavy atom. The maximum absolute atomic E-state index is 12.7. The van der Waals surface area contributed by atoms with E-state index in [1.807, 2.05) is 14.1 Å². The van der Waals surface area contributed by atoms with Crippen molar-refractivity contribution >= 4 is 27.5 Å². The predicted octanol–water partition coefficient (Wildman–Crippen LogP) is 2.98. The molecule has 1 unspecified atom stereocenters. The van der Waals surface area contributed by atoms with Crippen molar-refractivity contribution in [2.75, 3.05) is 30.7 Å². The van der Waals surface area contributed by atoms with Crippen LogP contribution >= 0.6 is 0 Å². The summed E-state index contributed by atoms with van der Waals surface area (Å²) in [5.41, 5.74) is 2.06. The summed E-state index contributed by atoms with van der Waals surface area (Å²) in [5.74, 6) is -0.950. The highest BCUT2D eigenvalue weighted by Crippen LogP contribution is 2.35. The summed E-state index contributed by atoms with van der Waals surface area (Å²) in [6, 6.07) is 14.5. The summed E-state index contributed by atoms with van der Waals surface area (Å²) in [4.78, 5) is 27.3. The highest BCUT2D eigenvalue weighted by Gasteiger charge is 2.49. The van der Waals surface area contributed by atoms with E-state index < -0.39 is 21.3 Å². The molecule has 1 saturated heterocycles. The minimum absolute atomic E-state index is 0.0127. The van der Waals surface area contributed by atoms with Gasteiger partial charge in [-0.3, -0.25) is 9.59 Å². The lowest BCUT2D eigenvalue weighted by Gasteiger charge is -2.25. The number of anilines is 1. The van der Waals surface area contributed by atoms with Crippen LogP contribution in [-0.4, -0.2) is 51.5 Å². The second-order valence-corrected chi connectivity index (χ2v) is 10.9.